The molecule has 0 amide bonds. The molecule has 6 nitrogen and oxygen atoms in total. The highest BCUT2D eigenvalue weighted by Gasteiger charge is 2.39. The molecule has 0 aliphatic carbocycles. The SMILES string of the molecule is Cn1cc(CN2CC[C@@H]3O[C@H](COCc4cccnc4)CC[C@@H]32)cn1. The summed E-state index contributed by atoms with van der Waals surface area (Å²) < 4.78 is 14.0. The third-order valence-corrected chi connectivity index (χ3v) is 5.19. The molecule has 2 aromatic heterocycles. The fourth-order valence-electron chi connectivity index (χ4n) is 3.98. The van der Waals surface area contributed by atoms with Gasteiger partial charge < -0.3 is 9.47 Å². The van der Waals surface area contributed by atoms with Crippen molar-refractivity contribution in [3.8, 4) is 0 Å². The van der Waals surface area contributed by atoms with Crippen molar-refractivity contribution in [2.75, 3.05) is 13.2 Å². The minimum Gasteiger partial charge on any atom is -0.374 e. The number of hydrogen-bond donors (Lipinski definition) is 0. The van der Waals surface area contributed by atoms with E-state index in [4.69, 9.17) is 9.47 Å². The van der Waals surface area contributed by atoms with Gasteiger partial charge in [-0.25, -0.2) is 0 Å². The predicted octanol–water partition coefficient (Wildman–Crippen LogP) is 2.15. The van der Waals surface area contributed by atoms with Gasteiger partial charge in [-0.05, 0) is 30.9 Å². The number of pyridine rings is 1. The van der Waals surface area contributed by atoms with Crippen molar-refractivity contribution >= 4 is 0 Å². The normalized spacial score (nSPS) is 26.7. The molecular formula is C19H26N4O2. The Bertz CT molecular complexity index is 675. The number of nitrogens with zero attached hydrogens (tertiary/aromatic N) is 4. The Morgan fingerprint density at radius 2 is 2.20 bits per heavy atom. The first kappa shape index (κ1) is 16.7. The predicted molar refractivity (Wildman–Crippen MR) is 93.8 cm³/mol. The van der Waals surface area contributed by atoms with Crippen molar-refractivity contribution in [3.63, 3.8) is 0 Å². The Balaban J connectivity index is 1.24. The largest absolute Gasteiger partial charge is 0.374 e. The summed E-state index contributed by atoms with van der Waals surface area (Å²) in [5.74, 6) is 0. The van der Waals surface area contributed by atoms with E-state index in [2.05, 4.69) is 21.2 Å². The molecule has 0 N–H and O–H groups in total. The number of hydrogen-bond acceptors (Lipinski definition) is 5. The van der Waals surface area contributed by atoms with E-state index in [0.29, 0.717) is 25.4 Å². The van der Waals surface area contributed by atoms with Gasteiger partial charge in [0.1, 0.15) is 0 Å². The zero-order chi connectivity index (χ0) is 17.1. The summed E-state index contributed by atoms with van der Waals surface area (Å²) in [4.78, 5) is 6.67. The summed E-state index contributed by atoms with van der Waals surface area (Å²) in [6.07, 6.45) is 11.6. The van der Waals surface area contributed by atoms with Crippen LogP contribution >= 0.6 is 0 Å². The van der Waals surface area contributed by atoms with E-state index in [1.165, 1.54) is 12.0 Å². The molecule has 6 heteroatoms. The molecule has 134 valence electrons. The van der Waals surface area contributed by atoms with Crippen LogP contribution in [-0.4, -0.2) is 51.1 Å². The summed E-state index contributed by atoms with van der Waals surface area (Å²) in [5.41, 5.74) is 2.39. The number of likely N-dealkylation sites (tertiary alicyclic amines) is 1. The second kappa shape index (κ2) is 7.64. The molecule has 0 saturated carbocycles. The fraction of sp³-hybridized carbons (Fsp3) is 0.579. The third kappa shape index (κ3) is 4.08. The lowest BCUT2D eigenvalue weighted by molar-refractivity contribution is -0.102. The highest BCUT2D eigenvalue weighted by molar-refractivity contribution is 5.07. The van der Waals surface area contributed by atoms with Crippen LogP contribution in [0.15, 0.2) is 36.9 Å². The highest BCUT2D eigenvalue weighted by atomic mass is 16.5. The number of fused-ring (bicyclic) bond motifs is 1. The van der Waals surface area contributed by atoms with Crippen LogP contribution in [0.3, 0.4) is 0 Å². The molecule has 2 aliphatic rings. The maximum atomic E-state index is 6.32. The van der Waals surface area contributed by atoms with Crippen LogP contribution in [0.5, 0.6) is 0 Å². The molecule has 2 saturated heterocycles. The molecular weight excluding hydrogens is 316 g/mol. The van der Waals surface area contributed by atoms with Gasteiger partial charge in [-0.1, -0.05) is 6.07 Å². The monoisotopic (exact) mass is 342 g/mol. The summed E-state index contributed by atoms with van der Waals surface area (Å²) in [5, 5.41) is 4.27. The minimum absolute atomic E-state index is 0.219. The molecule has 0 spiro atoms. The molecule has 0 radical (unpaired) electrons. The van der Waals surface area contributed by atoms with Crippen LogP contribution in [-0.2, 0) is 29.7 Å². The van der Waals surface area contributed by atoms with Crippen molar-refractivity contribution in [3.05, 3.63) is 48.0 Å². The zero-order valence-corrected chi connectivity index (χ0v) is 14.8. The van der Waals surface area contributed by atoms with Gasteiger partial charge in [0.2, 0.25) is 0 Å². The van der Waals surface area contributed by atoms with Gasteiger partial charge >= 0.3 is 0 Å². The molecule has 0 aromatic carbocycles. The standard InChI is InChI=1S/C19H26N4O2/c1-22-11-16(10-21-22)12-23-8-6-19-18(23)5-4-17(25-19)14-24-13-15-3-2-7-20-9-15/h2-3,7,9-11,17-19H,4-6,8,12-14H2,1H3/t17-,18-,19-/m0/s1. The lowest BCUT2D eigenvalue weighted by Crippen LogP contribution is -2.43. The van der Waals surface area contributed by atoms with Crippen molar-refractivity contribution in [2.24, 2.45) is 7.05 Å². The molecule has 0 bridgehead atoms. The van der Waals surface area contributed by atoms with Crippen molar-refractivity contribution in [1.82, 2.24) is 19.7 Å². The van der Waals surface area contributed by atoms with Gasteiger partial charge in [0.05, 0.1) is 31.6 Å². The van der Waals surface area contributed by atoms with Gasteiger partial charge in [-0.2, -0.15) is 5.10 Å². The fourth-order valence-corrected chi connectivity index (χ4v) is 3.98. The topological polar surface area (TPSA) is 52.4 Å². The maximum Gasteiger partial charge on any atom is 0.0813 e. The van der Waals surface area contributed by atoms with Gasteiger partial charge in [0, 0.05) is 50.3 Å². The first-order chi connectivity index (χ1) is 12.3. The Hall–Kier alpha value is -1.76. The van der Waals surface area contributed by atoms with Gasteiger partial charge in [0.15, 0.2) is 0 Å². The average Bonchev–Trinajstić information content (AvgIpc) is 3.22. The quantitative estimate of drug-likeness (QED) is 0.805. The van der Waals surface area contributed by atoms with E-state index < -0.39 is 0 Å². The van der Waals surface area contributed by atoms with E-state index in [9.17, 15) is 0 Å². The number of rotatable bonds is 6. The molecule has 0 unspecified atom stereocenters. The summed E-state index contributed by atoms with van der Waals surface area (Å²) >= 11 is 0. The van der Waals surface area contributed by atoms with E-state index in [1.807, 2.05) is 36.3 Å². The molecule has 2 aromatic rings. The van der Waals surface area contributed by atoms with E-state index in [1.54, 1.807) is 6.20 Å². The summed E-state index contributed by atoms with van der Waals surface area (Å²) in [7, 11) is 1.97. The van der Waals surface area contributed by atoms with E-state index in [-0.39, 0.29) is 6.10 Å². The third-order valence-electron chi connectivity index (χ3n) is 5.19. The number of aryl methyl sites for hydroxylation is 1. The zero-order valence-electron chi connectivity index (χ0n) is 14.8. The maximum absolute atomic E-state index is 6.32. The second-order valence-corrected chi connectivity index (χ2v) is 7.10. The summed E-state index contributed by atoms with van der Waals surface area (Å²) in [6.45, 7) is 3.35. The van der Waals surface area contributed by atoms with Crippen molar-refractivity contribution in [1.29, 1.82) is 0 Å². The van der Waals surface area contributed by atoms with Gasteiger partial charge in [-0.15, -0.1) is 0 Å². The Morgan fingerprint density at radius 3 is 3.00 bits per heavy atom. The van der Waals surface area contributed by atoms with Crippen molar-refractivity contribution in [2.45, 2.75) is 50.7 Å². The van der Waals surface area contributed by atoms with Crippen LogP contribution in [0.1, 0.15) is 30.4 Å². The average molecular weight is 342 g/mol. The second-order valence-electron chi connectivity index (χ2n) is 7.10. The molecule has 3 atom stereocenters. The lowest BCUT2D eigenvalue weighted by atomic mass is 9.99. The Kier molecular flexibility index (Phi) is 5.10. The van der Waals surface area contributed by atoms with Gasteiger partial charge in [0.25, 0.3) is 0 Å². The first-order valence-corrected chi connectivity index (χ1v) is 9.11. The molecule has 2 aliphatic heterocycles. The van der Waals surface area contributed by atoms with Crippen LogP contribution in [0.25, 0.3) is 0 Å². The number of ether oxygens (including phenoxy) is 2. The molecule has 25 heavy (non-hydrogen) atoms. The van der Waals surface area contributed by atoms with Crippen LogP contribution < -0.4 is 0 Å². The minimum atomic E-state index is 0.219. The van der Waals surface area contributed by atoms with Gasteiger partial charge in [-0.3, -0.25) is 14.6 Å². The van der Waals surface area contributed by atoms with Crippen molar-refractivity contribution < 1.29 is 9.47 Å². The molecule has 4 heterocycles. The number of aromatic nitrogens is 3. The summed E-state index contributed by atoms with van der Waals surface area (Å²) in [6, 6.07) is 4.52. The van der Waals surface area contributed by atoms with Crippen LogP contribution in [0, 0.1) is 0 Å². The molecule has 4 rings (SSSR count). The smallest absolute Gasteiger partial charge is 0.0813 e. The van der Waals surface area contributed by atoms with Crippen LogP contribution in [0.4, 0.5) is 0 Å². The molecule has 2 fully saturated rings. The van der Waals surface area contributed by atoms with Crippen LogP contribution in [0.2, 0.25) is 0 Å². The lowest BCUT2D eigenvalue weighted by Gasteiger charge is -2.35. The highest BCUT2D eigenvalue weighted by Crippen LogP contribution is 2.32. The van der Waals surface area contributed by atoms with E-state index in [0.717, 1.165) is 31.5 Å². The first-order valence-electron chi connectivity index (χ1n) is 9.11. The van der Waals surface area contributed by atoms with E-state index >= 15 is 0 Å². The Morgan fingerprint density at radius 1 is 1.24 bits per heavy atom. The Labute approximate surface area is 148 Å².